The van der Waals surface area contributed by atoms with Crippen molar-refractivity contribution >= 4 is 27.7 Å². The summed E-state index contributed by atoms with van der Waals surface area (Å²) < 4.78 is 49.5. The number of β-amino-alcohol motifs (C(OH)–C–C–N with tert-alkyl or cyclic N) is 1. The molecule has 0 radical (unpaired) electrons. The van der Waals surface area contributed by atoms with Crippen LogP contribution in [-0.4, -0.2) is 36.6 Å². The lowest BCUT2D eigenvalue weighted by Crippen LogP contribution is -2.56. The van der Waals surface area contributed by atoms with Crippen molar-refractivity contribution in [3.8, 4) is 5.75 Å². The average molecular weight is 496 g/mol. The van der Waals surface area contributed by atoms with Gasteiger partial charge in [0.15, 0.2) is 5.60 Å². The molecule has 0 spiro atoms. The van der Waals surface area contributed by atoms with Crippen molar-refractivity contribution in [2.45, 2.75) is 43.9 Å². The zero-order valence-electron chi connectivity index (χ0n) is 17.5. The minimum Gasteiger partial charge on any atom is -0.493 e. The molecule has 2 aromatic carbocycles. The van der Waals surface area contributed by atoms with E-state index < -0.39 is 30.2 Å². The zero-order valence-corrected chi connectivity index (χ0v) is 19.1. The number of hydrogen-bond acceptors (Lipinski definition) is 3. The van der Waals surface area contributed by atoms with Gasteiger partial charge in [-0.05, 0) is 41.2 Å². The van der Waals surface area contributed by atoms with Crippen LogP contribution in [0.3, 0.4) is 0 Å². The third kappa shape index (κ3) is 4.22. The lowest BCUT2D eigenvalue weighted by Gasteiger charge is -2.42. The Morgan fingerprint density at radius 1 is 1.16 bits per heavy atom. The summed E-state index contributed by atoms with van der Waals surface area (Å²) in [5.41, 5.74) is -0.692. The van der Waals surface area contributed by atoms with E-state index in [1.807, 2.05) is 30.4 Å². The highest BCUT2D eigenvalue weighted by atomic mass is 79.9. The number of ether oxygens (including phenoxy) is 1. The Labute approximate surface area is 188 Å². The predicted octanol–water partition coefficient (Wildman–Crippen LogP) is 5.88. The molecule has 2 aromatic rings. The number of benzene rings is 2. The van der Waals surface area contributed by atoms with Gasteiger partial charge in [-0.1, -0.05) is 60.1 Å². The second kappa shape index (κ2) is 7.85. The van der Waals surface area contributed by atoms with Crippen LogP contribution < -0.4 is 9.64 Å². The topological polar surface area (TPSA) is 32.7 Å². The third-order valence-corrected chi connectivity index (χ3v) is 6.55. The van der Waals surface area contributed by atoms with Gasteiger partial charge in [0.1, 0.15) is 5.75 Å². The molecule has 7 heteroatoms. The van der Waals surface area contributed by atoms with Crippen LogP contribution in [0, 0.1) is 0 Å². The van der Waals surface area contributed by atoms with E-state index in [1.165, 1.54) is 0 Å². The van der Waals surface area contributed by atoms with Crippen LogP contribution in [-0.2, 0) is 11.8 Å². The standard InChI is InChI=1S/C24H25BrF3NO2/c1-22(2,19-13-18(25)12-17-9-11-31-21(17)19)14-23(30,24(26,27)28)15-29-10-5-7-16-6-3-4-8-20(16)29/h3-8,12-13,30H,9-11,14-15H2,1-2H3. The summed E-state index contributed by atoms with van der Waals surface area (Å²) in [5, 5.41) is 11.1. The quantitative estimate of drug-likeness (QED) is 0.562. The average Bonchev–Trinajstić information content (AvgIpc) is 3.14. The molecular formula is C24H25BrF3NO2. The molecule has 1 N–H and O–H groups in total. The van der Waals surface area contributed by atoms with E-state index in [9.17, 15) is 18.3 Å². The van der Waals surface area contributed by atoms with E-state index >= 15 is 0 Å². The number of halogens is 4. The lowest BCUT2D eigenvalue weighted by molar-refractivity contribution is -0.262. The van der Waals surface area contributed by atoms with Crippen LogP contribution >= 0.6 is 15.9 Å². The number of rotatable bonds is 5. The van der Waals surface area contributed by atoms with E-state index in [0.717, 1.165) is 22.0 Å². The second-order valence-corrected chi connectivity index (χ2v) is 9.89. The van der Waals surface area contributed by atoms with Gasteiger partial charge >= 0.3 is 6.18 Å². The first-order chi connectivity index (χ1) is 14.5. The lowest BCUT2D eigenvalue weighted by atomic mass is 9.73. The SMILES string of the molecule is CC(C)(CC(O)(CN1CC=Cc2ccccc21)C(F)(F)F)c1cc(Br)cc2c1OCC2. The van der Waals surface area contributed by atoms with E-state index in [0.29, 0.717) is 30.2 Å². The summed E-state index contributed by atoms with van der Waals surface area (Å²) >= 11 is 3.47. The number of anilines is 1. The highest BCUT2D eigenvalue weighted by Crippen LogP contribution is 2.47. The Kier molecular flexibility index (Phi) is 5.63. The first-order valence-electron chi connectivity index (χ1n) is 10.3. The molecule has 1 atom stereocenters. The summed E-state index contributed by atoms with van der Waals surface area (Å²) in [6, 6.07) is 11.0. The maximum atomic E-state index is 14.3. The monoisotopic (exact) mass is 495 g/mol. The molecule has 0 bridgehead atoms. The van der Waals surface area contributed by atoms with Gasteiger partial charge < -0.3 is 14.7 Å². The van der Waals surface area contributed by atoms with Crippen LogP contribution in [0.2, 0.25) is 0 Å². The number of para-hydroxylation sites is 1. The molecule has 31 heavy (non-hydrogen) atoms. The largest absolute Gasteiger partial charge is 0.493 e. The Hall–Kier alpha value is -1.99. The van der Waals surface area contributed by atoms with Crippen LogP contribution in [0.1, 0.15) is 37.0 Å². The van der Waals surface area contributed by atoms with Gasteiger partial charge in [0.2, 0.25) is 0 Å². The Morgan fingerprint density at radius 3 is 2.65 bits per heavy atom. The van der Waals surface area contributed by atoms with Crippen molar-refractivity contribution in [1.29, 1.82) is 0 Å². The van der Waals surface area contributed by atoms with E-state index in [4.69, 9.17) is 4.74 Å². The van der Waals surface area contributed by atoms with Crippen LogP contribution in [0.5, 0.6) is 5.75 Å². The molecular weight excluding hydrogens is 471 g/mol. The number of hydrogen-bond donors (Lipinski definition) is 1. The van der Waals surface area contributed by atoms with E-state index in [-0.39, 0.29) is 0 Å². The van der Waals surface area contributed by atoms with Crippen molar-refractivity contribution in [1.82, 2.24) is 0 Å². The minimum absolute atomic E-state index is 0.311. The number of nitrogens with zero attached hydrogens (tertiary/aromatic N) is 1. The van der Waals surface area contributed by atoms with Gasteiger partial charge in [0.25, 0.3) is 0 Å². The number of aliphatic hydroxyl groups is 1. The highest BCUT2D eigenvalue weighted by molar-refractivity contribution is 9.10. The van der Waals surface area contributed by atoms with Crippen molar-refractivity contribution in [3.05, 3.63) is 63.6 Å². The molecule has 1 unspecified atom stereocenters. The fourth-order valence-corrected chi connectivity index (χ4v) is 5.14. The van der Waals surface area contributed by atoms with Crippen molar-refractivity contribution in [2.24, 2.45) is 0 Å². The van der Waals surface area contributed by atoms with Crippen LogP contribution in [0.25, 0.3) is 6.08 Å². The molecule has 2 aliphatic rings. The molecule has 4 rings (SSSR count). The van der Waals surface area contributed by atoms with Gasteiger partial charge in [0.05, 0.1) is 13.2 Å². The summed E-state index contributed by atoms with van der Waals surface area (Å²) in [7, 11) is 0. The fraction of sp³-hybridized carbons (Fsp3) is 0.417. The summed E-state index contributed by atoms with van der Waals surface area (Å²) in [6.45, 7) is 3.74. The molecule has 2 heterocycles. The third-order valence-electron chi connectivity index (χ3n) is 6.09. The van der Waals surface area contributed by atoms with Gasteiger partial charge in [-0.2, -0.15) is 13.2 Å². The molecule has 0 fully saturated rings. The van der Waals surface area contributed by atoms with Gasteiger partial charge in [0, 0.05) is 28.7 Å². The van der Waals surface area contributed by atoms with Crippen LogP contribution in [0.4, 0.5) is 18.9 Å². The van der Waals surface area contributed by atoms with Crippen LogP contribution in [0.15, 0.2) is 46.9 Å². The predicted molar refractivity (Wildman–Crippen MR) is 120 cm³/mol. The minimum atomic E-state index is -4.80. The van der Waals surface area contributed by atoms with Crippen molar-refractivity contribution < 1.29 is 23.0 Å². The Morgan fingerprint density at radius 2 is 1.90 bits per heavy atom. The smallest absolute Gasteiger partial charge is 0.418 e. The zero-order chi connectivity index (χ0) is 22.4. The first kappa shape index (κ1) is 22.2. The van der Waals surface area contributed by atoms with E-state index in [1.54, 1.807) is 36.9 Å². The molecule has 166 valence electrons. The molecule has 0 saturated heterocycles. The molecule has 0 amide bonds. The Balaban J connectivity index is 1.69. The van der Waals surface area contributed by atoms with Gasteiger partial charge in [-0.3, -0.25) is 0 Å². The molecule has 3 nitrogen and oxygen atoms in total. The maximum absolute atomic E-state index is 14.3. The normalized spacial score (nSPS) is 17.7. The van der Waals surface area contributed by atoms with Gasteiger partial charge in [-0.25, -0.2) is 0 Å². The maximum Gasteiger partial charge on any atom is 0.418 e. The summed E-state index contributed by atoms with van der Waals surface area (Å²) in [4.78, 5) is 1.60. The summed E-state index contributed by atoms with van der Waals surface area (Å²) in [6.07, 6.45) is -0.851. The highest BCUT2D eigenvalue weighted by Gasteiger charge is 2.57. The number of alkyl halides is 3. The molecule has 2 aliphatic heterocycles. The van der Waals surface area contributed by atoms with E-state index in [2.05, 4.69) is 15.9 Å². The first-order valence-corrected chi connectivity index (χ1v) is 11.0. The van der Waals surface area contributed by atoms with Crippen molar-refractivity contribution in [2.75, 3.05) is 24.6 Å². The van der Waals surface area contributed by atoms with Gasteiger partial charge in [-0.15, -0.1) is 0 Å². The fourth-order valence-electron chi connectivity index (χ4n) is 4.63. The Bertz CT molecular complexity index is 1020. The molecule has 0 aromatic heterocycles. The summed E-state index contributed by atoms with van der Waals surface area (Å²) in [5.74, 6) is 0.643. The molecule has 0 aliphatic carbocycles. The molecule has 0 saturated carbocycles. The second-order valence-electron chi connectivity index (χ2n) is 8.97. The van der Waals surface area contributed by atoms with Crippen molar-refractivity contribution in [3.63, 3.8) is 0 Å². The number of fused-ring (bicyclic) bond motifs is 2.